The van der Waals surface area contributed by atoms with Gasteiger partial charge in [-0.1, -0.05) is 34.1 Å². The summed E-state index contributed by atoms with van der Waals surface area (Å²) >= 11 is 3.44. The third kappa shape index (κ3) is 3.64. The first-order valence-electron chi connectivity index (χ1n) is 5.86. The van der Waals surface area contributed by atoms with Crippen LogP contribution in [0.25, 0.3) is 0 Å². The van der Waals surface area contributed by atoms with Gasteiger partial charge in [0.05, 0.1) is 7.11 Å². The quantitative estimate of drug-likeness (QED) is 0.849. The molecule has 3 nitrogen and oxygen atoms in total. The van der Waals surface area contributed by atoms with Gasteiger partial charge in [0.1, 0.15) is 23.9 Å². The number of ether oxygens (including phenoxy) is 2. The Morgan fingerprint density at radius 3 is 2.47 bits per heavy atom. The van der Waals surface area contributed by atoms with E-state index < -0.39 is 0 Å². The van der Waals surface area contributed by atoms with Gasteiger partial charge in [-0.2, -0.15) is 0 Å². The van der Waals surface area contributed by atoms with Gasteiger partial charge in [0.15, 0.2) is 0 Å². The molecule has 2 rings (SSSR count). The maximum absolute atomic E-state index is 9.23. The maximum atomic E-state index is 9.23. The molecule has 0 aliphatic heterocycles. The first kappa shape index (κ1) is 13.7. The van der Waals surface area contributed by atoms with Crippen molar-refractivity contribution >= 4 is 15.9 Å². The molecule has 19 heavy (non-hydrogen) atoms. The van der Waals surface area contributed by atoms with E-state index in [9.17, 15) is 5.11 Å². The predicted octanol–water partition coefficient (Wildman–Crippen LogP) is 3.87. The van der Waals surface area contributed by atoms with Gasteiger partial charge in [-0.3, -0.25) is 0 Å². The van der Waals surface area contributed by atoms with Crippen LogP contribution in [0.2, 0.25) is 0 Å². The van der Waals surface area contributed by atoms with E-state index in [0.29, 0.717) is 6.61 Å². The Kier molecular flexibility index (Phi) is 4.68. The molecule has 0 saturated heterocycles. The number of benzene rings is 2. The first-order chi connectivity index (χ1) is 9.22. The molecule has 0 aliphatic carbocycles. The van der Waals surface area contributed by atoms with Crippen LogP contribution in [0.5, 0.6) is 17.2 Å². The Morgan fingerprint density at radius 1 is 1.11 bits per heavy atom. The summed E-state index contributed by atoms with van der Waals surface area (Å²) in [6.07, 6.45) is 0. The van der Waals surface area contributed by atoms with E-state index in [-0.39, 0.29) is 5.75 Å². The molecule has 0 atom stereocenters. The lowest BCUT2D eigenvalue weighted by atomic mass is 10.2. The largest absolute Gasteiger partial charge is 0.508 e. The Morgan fingerprint density at radius 2 is 1.84 bits per heavy atom. The highest BCUT2D eigenvalue weighted by Crippen LogP contribution is 2.27. The summed E-state index contributed by atoms with van der Waals surface area (Å²) < 4.78 is 11.0. The normalized spacial score (nSPS) is 10.2. The monoisotopic (exact) mass is 322 g/mol. The third-order valence-electron chi connectivity index (χ3n) is 2.75. The topological polar surface area (TPSA) is 38.7 Å². The summed E-state index contributed by atoms with van der Waals surface area (Å²) in [5.41, 5.74) is 2.07. The lowest BCUT2D eigenvalue weighted by molar-refractivity contribution is 0.301. The van der Waals surface area contributed by atoms with Crippen LogP contribution in [-0.4, -0.2) is 12.2 Å². The zero-order valence-electron chi connectivity index (χ0n) is 10.6. The molecule has 0 unspecified atom stereocenters. The van der Waals surface area contributed by atoms with E-state index in [2.05, 4.69) is 15.9 Å². The second-order valence-electron chi connectivity index (χ2n) is 4.06. The fourth-order valence-electron chi connectivity index (χ4n) is 1.66. The maximum Gasteiger partial charge on any atom is 0.127 e. The number of methoxy groups -OCH3 is 1. The van der Waals surface area contributed by atoms with Crippen LogP contribution in [0.15, 0.2) is 42.5 Å². The Bertz CT molecular complexity index is 538. The second-order valence-corrected chi connectivity index (χ2v) is 4.62. The van der Waals surface area contributed by atoms with Crippen molar-refractivity contribution < 1.29 is 14.6 Å². The van der Waals surface area contributed by atoms with Crippen molar-refractivity contribution in [2.45, 2.75) is 11.9 Å². The molecular weight excluding hydrogens is 308 g/mol. The van der Waals surface area contributed by atoms with Crippen molar-refractivity contribution in [3.8, 4) is 17.2 Å². The number of phenols is 1. The molecule has 0 fully saturated rings. The van der Waals surface area contributed by atoms with E-state index in [1.807, 2.05) is 30.3 Å². The van der Waals surface area contributed by atoms with Gasteiger partial charge in [-0.05, 0) is 23.8 Å². The molecular formula is C15H15BrO3. The zero-order valence-corrected chi connectivity index (χ0v) is 12.2. The van der Waals surface area contributed by atoms with E-state index in [4.69, 9.17) is 9.47 Å². The number of alkyl halides is 1. The lowest BCUT2D eigenvalue weighted by Crippen LogP contribution is -1.98. The van der Waals surface area contributed by atoms with Crippen molar-refractivity contribution in [3.63, 3.8) is 0 Å². The van der Waals surface area contributed by atoms with E-state index >= 15 is 0 Å². The van der Waals surface area contributed by atoms with Crippen LogP contribution in [-0.2, 0) is 11.9 Å². The molecule has 2 aromatic carbocycles. The number of phenolic OH excluding ortho intramolecular Hbond substituents is 1. The highest BCUT2D eigenvalue weighted by Gasteiger charge is 2.05. The summed E-state index contributed by atoms with van der Waals surface area (Å²) in [6, 6.07) is 12.7. The van der Waals surface area contributed by atoms with Gasteiger partial charge < -0.3 is 14.6 Å². The molecule has 0 radical (unpaired) electrons. The van der Waals surface area contributed by atoms with Gasteiger partial charge in [0.25, 0.3) is 0 Å². The number of hydrogen-bond donors (Lipinski definition) is 1. The molecule has 4 heteroatoms. The molecule has 0 saturated carbocycles. The van der Waals surface area contributed by atoms with Gasteiger partial charge in [-0.25, -0.2) is 0 Å². The van der Waals surface area contributed by atoms with Gasteiger partial charge in [-0.15, -0.1) is 0 Å². The molecule has 1 N–H and O–H groups in total. The second kappa shape index (κ2) is 6.48. The van der Waals surface area contributed by atoms with Crippen LogP contribution in [0, 0.1) is 0 Å². The number of aromatic hydroxyl groups is 1. The summed E-state index contributed by atoms with van der Waals surface area (Å²) in [6.45, 7) is 0.452. The van der Waals surface area contributed by atoms with E-state index in [1.165, 1.54) is 0 Å². The molecule has 100 valence electrons. The highest BCUT2D eigenvalue weighted by atomic mass is 79.9. The standard InChI is InChI=1S/C15H15BrO3/c1-18-14-7-4-12(9-16)15(8-14)19-10-11-2-5-13(17)6-3-11/h2-8,17H,9-10H2,1H3. The van der Waals surface area contributed by atoms with Crippen LogP contribution >= 0.6 is 15.9 Å². The Hall–Kier alpha value is -1.68. The summed E-state index contributed by atoms with van der Waals surface area (Å²) in [4.78, 5) is 0. The Balaban J connectivity index is 2.11. The van der Waals surface area contributed by atoms with Crippen molar-refractivity contribution in [1.29, 1.82) is 0 Å². The van der Waals surface area contributed by atoms with Crippen molar-refractivity contribution in [2.24, 2.45) is 0 Å². The molecule has 2 aromatic rings. The number of hydrogen-bond acceptors (Lipinski definition) is 3. The molecule has 0 aliphatic rings. The first-order valence-corrected chi connectivity index (χ1v) is 6.98. The average molecular weight is 323 g/mol. The summed E-state index contributed by atoms with van der Waals surface area (Å²) in [5.74, 6) is 1.82. The van der Waals surface area contributed by atoms with Gasteiger partial charge in [0, 0.05) is 17.0 Å². The Labute approximate surface area is 120 Å². The van der Waals surface area contributed by atoms with Crippen LogP contribution in [0.4, 0.5) is 0 Å². The van der Waals surface area contributed by atoms with Crippen molar-refractivity contribution in [1.82, 2.24) is 0 Å². The fraction of sp³-hybridized carbons (Fsp3) is 0.200. The highest BCUT2D eigenvalue weighted by molar-refractivity contribution is 9.08. The van der Waals surface area contributed by atoms with E-state index in [0.717, 1.165) is 28.0 Å². The molecule has 0 heterocycles. The number of halogens is 1. The van der Waals surface area contributed by atoms with Gasteiger partial charge in [0.2, 0.25) is 0 Å². The average Bonchev–Trinajstić information content (AvgIpc) is 2.46. The third-order valence-corrected chi connectivity index (χ3v) is 3.35. The number of rotatable bonds is 5. The van der Waals surface area contributed by atoms with Crippen LogP contribution in [0.3, 0.4) is 0 Å². The van der Waals surface area contributed by atoms with Crippen molar-refractivity contribution in [2.75, 3.05) is 7.11 Å². The summed E-state index contributed by atoms with van der Waals surface area (Å²) in [5, 5.41) is 9.95. The van der Waals surface area contributed by atoms with Crippen molar-refractivity contribution in [3.05, 3.63) is 53.6 Å². The predicted molar refractivity (Wildman–Crippen MR) is 78.1 cm³/mol. The smallest absolute Gasteiger partial charge is 0.127 e. The fourth-order valence-corrected chi connectivity index (χ4v) is 2.12. The van der Waals surface area contributed by atoms with Crippen LogP contribution < -0.4 is 9.47 Å². The van der Waals surface area contributed by atoms with Gasteiger partial charge >= 0.3 is 0 Å². The van der Waals surface area contributed by atoms with Crippen LogP contribution in [0.1, 0.15) is 11.1 Å². The lowest BCUT2D eigenvalue weighted by Gasteiger charge is -2.11. The minimum absolute atomic E-state index is 0.256. The minimum atomic E-state index is 0.256. The molecule has 0 amide bonds. The molecule has 0 bridgehead atoms. The molecule has 0 aromatic heterocycles. The zero-order chi connectivity index (χ0) is 13.7. The van der Waals surface area contributed by atoms with E-state index in [1.54, 1.807) is 19.2 Å². The SMILES string of the molecule is COc1ccc(CBr)c(OCc2ccc(O)cc2)c1. The summed E-state index contributed by atoms with van der Waals surface area (Å²) in [7, 11) is 1.63. The molecule has 0 spiro atoms. The minimum Gasteiger partial charge on any atom is -0.508 e.